The fourth-order valence-electron chi connectivity index (χ4n) is 1.50. The summed E-state index contributed by atoms with van der Waals surface area (Å²) in [5.74, 6) is 0.686. The van der Waals surface area contributed by atoms with Crippen LogP contribution < -0.4 is 5.32 Å². The SMILES string of the molecule is O=C(NCCCOCC1CC1)c1ccccn1. The van der Waals surface area contributed by atoms with Crippen LogP contribution >= 0.6 is 0 Å². The van der Waals surface area contributed by atoms with Crippen LogP contribution in [0.15, 0.2) is 24.4 Å². The molecule has 0 atom stereocenters. The number of amides is 1. The molecule has 0 bridgehead atoms. The molecule has 0 spiro atoms. The minimum atomic E-state index is -0.118. The molecule has 2 rings (SSSR count). The Hall–Kier alpha value is -1.42. The number of pyridine rings is 1. The van der Waals surface area contributed by atoms with Crippen LogP contribution in [-0.2, 0) is 4.74 Å². The summed E-state index contributed by atoms with van der Waals surface area (Å²) in [6, 6.07) is 5.31. The minimum absolute atomic E-state index is 0.118. The maximum atomic E-state index is 11.6. The molecule has 1 aliphatic rings. The van der Waals surface area contributed by atoms with E-state index in [1.165, 1.54) is 12.8 Å². The van der Waals surface area contributed by atoms with E-state index in [-0.39, 0.29) is 5.91 Å². The number of hydrogen-bond donors (Lipinski definition) is 1. The van der Waals surface area contributed by atoms with Gasteiger partial charge in [0, 0.05) is 26.0 Å². The first-order chi connectivity index (χ1) is 8.36. The van der Waals surface area contributed by atoms with Crippen molar-refractivity contribution in [1.82, 2.24) is 10.3 Å². The van der Waals surface area contributed by atoms with E-state index in [9.17, 15) is 4.79 Å². The molecule has 0 unspecified atom stereocenters. The molecule has 4 nitrogen and oxygen atoms in total. The number of aromatic nitrogens is 1. The van der Waals surface area contributed by atoms with E-state index in [0.29, 0.717) is 12.2 Å². The Morgan fingerprint density at radius 3 is 3.06 bits per heavy atom. The minimum Gasteiger partial charge on any atom is -0.381 e. The van der Waals surface area contributed by atoms with Crippen LogP contribution in [-0.4, -0.2) is 30.6 Å². The van der Waals surface area contributed by atoms with Gasteiger partial charge in [-0.25, -0.2) is 0 Å². The van der Waals surface area contributed by atoms with E-state index < -0.39 is 0 Å². The number of hydrogen-bond acceptors (Lipinski definition) is 3. The van der Waals surface area contributed by atoms with E-state index >= 15 is 0 Å². The molecule has 0 radical (unpaired) electrons. The zero-order chi connectivity index (χ0) is 11.9. The molecule has 1 aromatic heterocycles. The van der Waals surface area contributed by atoms with Crippen molar-refractivity contribution in [2.75, 3.05) is 19.8 Å². The Kier molecular flexibility index (Phi) is 4.50. The zero-order valence-corrected chi connectivity index (χ0v) is 9.89. The number of nitrogens with zero attached hydrogens (tertiary/aromatic N) is 1. The van der Waals surface area contributed by atoms with Gasteiger partial charge in [-0.3, -0.25) is 9.78 Å². The van der Waals surface area contributed by atoms with E-state index in [2.05, 4.69) is 10.3 Å². The van der Waals surface area contributed by atoms with Gasteiger partial charge in [-0.2, -0.15) is 0 Å². The molecular weight excluding hydrogens is 216 g/mol. The smallest absolute Gasteiger partial charge is 0.269 e. The highest BCUT2D eigenvalue weighted by atomic mass is 16.5. The molecule has 1 fully saturated rings. The largest absolute Gasteiger partial charge is 0.381 e. The molecule has 17 heavy (non-hydrogen) atoms. The Morgan fingerprint density at radius 1 is 1.47 bits per heavy atom. The van der Waals surface area contributed by atoms with Gasteiger partial charge in [-0.05, 0) is 37.3 Å². The summed E-state index contributed by atoms with van der Waals surface area (Å²) in [7, 11) is 0. The van der Waals surface area contributed by atoms with Gasteiger partial charge in [0.25, 0.3) is 5.91 Å². The third-order valence-corrected chi connectivity index (χ3v) is 2.70. The molecule has 0 aliphatic heterocycles. The van der Waals surface area contributed by atoms with Crippen LogP contribution in [0.3, 0.4) is 0 Å². The van der Waals surface area contributed by atoms with Crippen molar-refractivity contribution in [2.45, 2.75) is 19.3 Å². The van der Waals surface area contributed by atoms with Crippen LogP contribution in [0.25, 0.3) is 0 Å². The number of carbonyl (C=O) groups excluding carboxylic acids is 1. The first kappa shape index (κ1) is 12.0. The average molecular weight is 234 g/mol. The second-order valence-corrected chi connectivity index (χ2v) is 4.34. The van der Waals surface area contributed by atoms with Crippen molar-refractivity contribution in [3.8, 4) is 0 Å². The first-order valence-electron chi connectivity index (χ1n) is 6.13. The third-order valence-electron chi connectivity index (χ3n) is 2.70. The summed E-state index contributed by atoms with van der Waals surface area (Å²) in [5, 5.41) is 2.82. The highest BCUT2D eigenvalue weighted by molar-refractivity contribution is 5.92. The van der Waals surface area contributed by atoms with E-state index in [0.717, 1.165) is 25.6 Å². The number of carbonyl (C=O) groups is 1. The number of rotatable bonds is 7. The lowest BCUT2D eigenvalue weighted by atomic mass is 10.3. The van der Waals surface area contributed by atoms with Gasteiger partial charge in [0.1, 0.15) is 5.69 Å². The molecular formula is C13H18N2O2. The molecule has 92 valence electrons. The monoisotopic (exact) mass is 234 g/mol. The van der Waals surface area contributed by atoms with Crippen LogP contribution in [0.4, 0.5) is 0 Å². The second-order valence-electron chi connectivity index (χ2n) is 4.34. The van der Waals surface area contributed by atoms with Gasteiger partial charge in [0.05, 0.1) is 0 Å². The number of nitrogens with one attached hydrogen (secondary N) is 1. The lowest BCUT2D eigenvalue weighted by Crippen LogP contribution is -2.26. The fraction of sp³-hybridized carbons (Fsp3) is 0.538. The van der Waals surface area contributed by atoms with Gasteiger partial charge < -0.3 is 10.1 Å². The third kappa shape index (κ3) is 4.53. The Balaban J connectivity index is 1.53. The molecule has 0 aromatic carbocycles. The highest BCUT2D eigenvalue weighted by Crippen LogP contribution is 2.28. The van der Waals surface area contributed by atoms with Gasteiger partial charge in [-0.15, -0.1) is 0 Å². The van der Waals surface area contributed by atoms with Gasteiger partial charge >= 0.3 is 0 Å². The summed E-state index contributed by atoms with van der Waals surface area (Å²) in [6.45, 7) is 2.24. The molecule has 1 aliphatic carbocycles. The first-order valence-corrected chi connectivity index (χ1v) is 6.13. The average Bonchev–Trinajstić information content (AvgIpc) is 3.18. The molecule has 1 saturated carbocycles. The van der Waals surface area contributed by atoms with E-state index in [4.69, 9.17) is 4.74 Å². The Morgan fingerprint density at radius 2 is 2.35 bits per heavy atom. The lowest BCUT2D eigenvalue weighted by molar-refractivity contribution is 0.0932. The van der Waals surface area contributed by atoms with Crippen LogP contribution in [0.5, 0.6) is 0 Å². The van der Waals surface area contributed by atoms with Crippen LogP contribution in [0.2, 0.25) is 0 Å². The van der Waals surface area contributed by atoms with Crippen molar-refractivity contribution >= 4 is 5.91 Å². The number of ether oxygens (including phenoxy) is 1. The van der Waals surface area contributed by atoms with Crippen molar-refractivity contribution < 1.29 is 9.53 Å². The molecule has 1 amide bonds. The highest BCUT2D eigenvalue weighted by Gasteiger charge is 2.20. The van der Waals surface area contributed by atoms with Crippen LogP contribution in [0, 0.1) is 5.92 Å². The molecule has 1 heterocycles. The summed E-state index contributed by atoms with van der Waals surface area (Å²) < 4.78 is 5.48. The van der Waals surface area contributed by atoms with Crippen LogP contribution in [0.1, 0.15) is 29.8 Å². The molecule has 4 heteroatoms. The fourth-order valence-corrected chi connectivity index (χ4v) is 1.50. The standard InChI is InChI=1S/C13H18N2O2/c16-13(12-4-1-2-7-14-12)15-8-3-9-17-10-11-5-6-11/h1-2,4,7,11H,3,5-6,8-10H2,(H,15,16). The normalized spacial score (nSPS) is 14.6. The Bertz CT molecular complexity index is 350. The van der Waals surface area contributed by atoms with Gasteiger partial charge in [-0.1, -0.05) is 6.07 Å². The van der Waals surface area contributed by atoms with Crippen molar-refractivity contribution in [2.24, 2.45) is 5.92 Å². The predicted molar refractivity (Wildman–Crippen MR) is 64.7 cm³/mol. The van der Waals surface area contributed by atoms with Crippen molar-refractivity contribution in [3.63, 3.8) is 0 Å². The predicted octanol–water partition coefficient (Wildman–Crippen LogP) is 1.63. The zero-order valence-electron chi connectivity index (χ0n) is 9.89. The summed E-state index contributed by atoms with van der Waals surface area (Å²) in [6.07, 6.45) is 5.10. The topological polar surface area (TPSA) is 51.2 Å². The summed E-state index contributed by atoms with van der Waals surface area (Å²) in [4.78, 5) is 15.6. The lowest BCUT2D eigenvalue weighted by Gasteiger charge is -2.05. The maximum Gasteiger partial charge on any atom is 0.269 e. The van der Waals surface area contributed by atoms with Crippen molar-refractivity contribution in [1.29, 1.82) is 0 Å². The molecule has 1 aromatic rings. The van der Waals surface area contributed by atoms with Gasteiger partial charge in [0.15, 0.2) is 0 Å². The molecule has 0 saturated heterocycles. The van der Waals surface area contributed by atoms with E-state index in [1.807, 2.05) is 0 Å². The Labute approximate surface area is 101 Å². The quantitative estimate of drug-likeness (QED) is 0.729. The second kappa shape index (κ2) is 6.35. The molecule has 1 N–H and O–H groups in total. The summed E-state index contributed by atoms with van der Waals surface area (Å²) >= 11 is 0. The van der Waals surface area contributed by atoms with E-state index in [1.54, 1.807) is 24.4 Å². The van der Waals surface area contributed by atoms with Gasteiger partial charge in [0.2, 0.25) is 0 Å². The summed E-state index contributed by atoms with van der Waals surface area (Å²) in [5.41, 5.74) is 0.464. The van der Waals surface area contributed by atoms with Crippen molar-refractivity contribution in [3.05, 3.63) is 30.1 Å². The maximum absolute atomic E-state index is 11.6.